The lowest BCUT2D eigenvalue weighted by Crippen LogP contribution is -2.02. The lowest BCUT2D eigenvalue weighted by atomic mass is 10.1. The second-order valence-corrected chi connectivity index (χ2v) is 4.29. The van der Waals surface area contributed by atoms with Gasteiger partial charge in [0.1, 0.15) is 5.82 Å². The molecule has 0 atom stereocenters. The predicted molar refractivity (Wildman–Crippen MR) is 71.5 cm³/mol. The molecule has 0 aliphatic rings. The van der Waals surface area contributed by atoms with Crippen LogP contribution in [0, 0.1) is 6.92 Å². The molecule has 0 aliphatic carbocycles. The van der Waals surface area contributed by atoms with Gasteiger partial charge in [0.25, 0.3) is 0 Å². The molecule has 2 heterocycles. The van der Waals surface area contributed by atoms with Gasteiger partial charge in [-0.05, 0) is 18.6 Å². The molecule has 90 valence electrons. The molecule has 0 amide bonds. The molecule has 0 spiro atoms. The van der Waals surface area contributed by atoms with E-state index in [1.54, 1.807) is 10.7 Å². The quantitative estimate of drug-likeness (QED) is 0.762. The Morgan fingerprint density at radius 3 is 3.06 bits per heavy atom. The molecule has 2 aromatic heterocycles. The minimum Gasteiger partial charge on any atom is -0.366 e. The van der Waals surface area contributed by atoms with Crippen LogP contribution in [0.4, 0.5) is 5.82 Å². The second kappa shape index (κ2) is 4.49. The highest BCUT2D eigenvalue weighted by Gasteiger charge is 1.98. The summed E-state index contributed by atoms with van der Waals surface area (Å²) in [5.74, 6) is 0.865. The molecule has 0 unspecified atom stereocenters. The zero-order valence-electron chi connectivity index (χ0n) is 10.2. The number of hydrogen-bond donors (Lipinski definition) is 1. The van der Waals surface area contributed by atoms with Crippen molar-refractivity contribution in [3.8, 4) is 0 Å². The van der Waals surface area contributed by atoms with Crippen molar-refractivity contribution in [2.45, 2.75) is 13.5 Å². The molecule has 0 bridgehead atoms. The van der Waals surface area contributed by atoms with Crippen LogP contribution in [0.5, 0.6) is 0 Å². The first-order chi connectivity index (χ1) is 8.81. The number of rotatable bonds is 3. The molecule has 4 nitrogen and oxygen atoms in total. The largest absolute Gasteiger partial charge is 0.366 e. The van der Waals surface area contributed by atoms with Crippen molar-refractivity contribution in [1.82, 2.24) is 14.6 Å². The molecule has 1 aromatic carbocycles. The molecule has 0 aliphatic heterocycles. The van der Waals surface area contributed by atoms with Gasteiger partial charge in [-0.25, -0.2) is 9.50 Å². The van der Waals surface area contributed by atoms with Crippen molar-refractivity contribution in [3.05, 3.63) is 59.9 Å². The number of fused-ring (bicyclic) bond motifs is 1. The predicted octanol–water partition coefficient (Wildman–Crippen LogP) is 2.65. The van der Waals surface area contributed by atoms with Gasteiger partial charge in [0, 0.05) is 18.8 Å². The highest BCUT2D eigenvalue weighted by molar-refractivity contribution is 5.45. The van der Waals surface area contributed by atoms with Gasteiger partial charge in [-0.3, -0.25) is 0 Å². The topological polar surface area (TPSA) is 42.2 Å². The number of benzene rings is 1. The molecule has 3 aromatic rings. The molecule has 0 radical (unpaired) electrons. The van der Waals surface area contributed by atoms with Crippen molar-refractivity contribution >= 4 is 11.5 Å². The summed E-state index contributed by atoms with van der Waals surface area (Å²) in [6.45, 7) is 2.87. The standard InChI is InChI=1S/C14H14N4/c1-11-3-2-4-12(9-11)10-15-13-6-8-18-14(17-13)5-7-16-18/h2-9H,10H2,1H3,(H,15,17). The minimum absolute atomic E-state index is 0.777. The molecule has 0 saturated heterocycles. The molecule has 0 saturated carbocycles. The van der Waals surface area contributed by atoms with Crippen LogP contribution in [0.15, 0.2) is 48.8 Å². The van der Waals surface area contributed by atoms with E-state index >= 15 is 0 Å². The summed E-state index contributed by atoms with van der Waals surface area (Å²) in [4.78, 5) is 4.46. The van der Waals surface area contributed by atoms with E-state index < -0.39 is 0 Å². The van der Waals surface area contributed by atoms with Crippen molar-refractivity contribution in [2.24, 2.45) is 0 Å². The number of aromatic nitrogens is 3. The first-order valence-corrected chi connectivity index (χ1v) is 5.91. The molecule has 4 heteroatoms. The van der Waals surface area contributed by atoms with Gasteiger partial charge in [0.05, 0.1) is 6.20 Å². The average Bonchev–Trinajstić information content (AvgIpc) is 2.84. The fourth-order valence-electron chi connectivity index (χ4n) is 1.93. The van der Waals surface area contributed by atoms with Gasteiger partial charge in [0.15, 0.2) is 5.65 Å². The number of nitrogens with zero attached hydrogens (tertiary/aromatic N) is 3. The van der Waals surface area contributed by atoms with Crippen LogP contribution in [-0.2, 0) is 6.54 Å². The first kappa shape index (κ1) is 10.8. The molecule has 1 N–H and O–H groups in total. The number of aryl methyl sites for hydroxylation is 1. The Hall–Kier alpha value is -2.36. The van der Waals surface area contributed by atoms with E-state index in [1.165, 1.54) is 11.1 Å². The van der Waals surface area contributed by atoms with E-state index in [2.05, 4.69) is 46.6 Å². The smallest absolute Gasteiger partial charge is 0.157 e. The van der Waals surface area contributed by atoms with Crippen LogP contribution >= 0.6 is 0 Å². The monoisotopic (exact) mass is 238 g/mol. The van der Waals surface area contributed by atoms with Gasteiger partial charge in [-0.2, -0.15) is 5.10 Å². The fourth-order valence-corrected chi connectivity index (χ4v) is 1.93. The maximum atomic E-state index is 4.46. The fraction of sp³-hybridized carbons (Fsp3) is 0.143. The highest BCUT2D eigenvalue weighted by atomic mass is 15.2. The number of nitrogens with one attached hydrogen (secondary N) is 1. The molecule has 0 fully saturated rings. The SMILES string of the molecule is Cc1cccc(CNc2ccn3nccc3n2)c1. The van der Waals surface area contributed by atoms with Crippen LogP contribution < -0.4 is 5.32 Å². The van der Waals surface area contributed by atoms with E-state index in [1.807, 2.05) is 18.3 Å². The Morgan fingerprint density at radius 2 is 2.17 bits per heavy atom. The molecule has 3 rings (SSSR count). The summed E-state index contributed by atoms with van der Waals surface area (Å²) >= 11 is 0. The van der Waals surface area contributed by atoms with Crippen LogP contribution in [-0.4, -0.2) is 14.6 Å². The van der Waals surface area contributed by atoms with Crippen LogP contribution in [0.2, 0.25) is 0 Å². The summed E-state index contributed by atoms with van der Waals surface area (Å²) < 4.78 is 1.75. The third-order valence-corrected chi connectivity index (χ3v) is 2.81. The zero-order chi connectivity index (χ0) is 12.4. The van der Waals surface area contributed by atoms with Crippen molar-refractivity contribution in [1.29, 1.82) is 0 Å². The van der Waals surface area contributed by atoms with Crippen LogP contribution in [0.3, 0.4) is 0 Å². The van der Waals surface area contributed by atoms with E-state index in [0.29, 0.717) is 0 Å². The van der Waals surface area contributed by atoms with Crippen LogP contribution in [0.25, 0.3) is 5.65 Å². The van der Waals surface area contributed by atoms with E-state index in [4.69, 9.17) is 0 Å². The van der Waals surface area contributed by atoms with Gasteiger partial charge in [0.2, 0.25) is 0 Å². The second-order valence-electron chi connectivity index (χ2n) is 4.29. The van der Waals surface area contributed by atoms with Gasteiger partial charge in [-0.1, -0.05) is 29.8 Å². The number of hydrogen-bond acceptors (Lipinski definition) is 3. The number of anilines is 1. The Kier molecular flexibility index (Phi) is 2.68. The molecule has 18 heavy (non-hydrogen) atoms. The van der Waals surface area contributed by atoms with Gasteiger partial charge in [-0.15, -0.1) is 0 Å². The first-order valence-electron chi connectivity index (χ1n) is 5.91. The summed E-state index contributed by atoms with van der Waals surface area (Å²) in [5.41, 5.74) is 3.38. The highest BCUT2D eigenvalue weighted by Crippen LogP contribution is 2.09. The van der Waals surface area contributed by atoms with Crippen LogP contribution in [0.1, 0.15) is 11.1 Å². The average molecular weight is 238 g/mol. The maximum Gasteiger partial charge on any atom is 0.157 e. The Labute approximate surface area is 105 Å². The third-order valence-electron chi connectivity index (χ3n) is 2.81. The maximum absolute atomic E-state index is 4.46. The van der Waals surface area contributed by atoms with E-state index in [9.17, 15) is 0 Å². The van der Waals surface area contributed by atoms with Crippen molar-refractivity contribution in [3.63, 3.8) is 0 Å². The van der Waals surface area contributed by atoms with Crippen molar-refractivity contribution in [2.75, 3.05) is 5.32 Å². The van der Waals surface area contributed by atoms with Gasteiger partial charge < -0.3 is 5.32 Å². The lowest BCUT2D eigenvalue weighted by molar-refractivity contribution is 0.936. The Balaban J connectivity index is 1.76. The van der Waals surface area contributed by atoms with E-state index in [-0.39, 0.29) is 0 Å². The van der Waals surface area contributed by atoms with E-state index in [0.717, 1.165) is 18.0 Å². The zero-order valence-corrected chi connectivity index (χ0v) is 10.2. The Bertz CT molecular complexity index is 672. The minimum atomic E-state index is 0.777. The summed E-state index contributed by atoms with van der Waals surface area (Å²) in [6.07, 6.45) is 3.65. The summed E-state index contributed by atoms with van der Waals surface area (Å²) in [5, 5.41) is 7.43. The third kappa shape index (κ3) is 2.18. The Morgan fingerprint density at radius 1 is 1.22 bits per heavy atom. The van der Waals surface area contributed by atoms with Gasteiger partial charge >= 0.3 is 0 Å². The summed E-state index contributed by atoms with van der Waals surface area (Å²) in [6, 6.07) is 12.3. The molecular formula is C14H14N4. The molecular weight excluding hydrogens is 224 g/mol. The van der Waals surface area contributed by atoms with Crippen molar-refractivity contribution < 1.29 is 0 Å². The summed E-state index contributed by atoms with van der Waals surface area (Å²) in [7, 11) is 0. The normalized spacial score (nSPS) is 10.7. The lowest BCUT2D eigenvalue weighted by Gasteiger charge is -2.06.